The fourth-order valence-corrected chi connectivity index (χ4v) is 7.53. The van der Waals surface area contributed by atoms with Gasteiger partial charge in [-0.3, -0.25) is 0 Å². The van der Waals surface area contributed by atoms with Crippen LogP contribution in [0.1, 0.15) is 16.5 Å². The van der Waals surface area contributed by atoms with E-state index in [0.717, 1.165) is 11.4 Å². The van der Waals surface area contributed by atoms with Gasteiger partial charge >= 0.3 is 0 Å². The summed E-state index contributed by atoms with van der Waals surface area (Å²) in [6, 6.07) is 39.0. The fraction of sp³-hybridized carbons (Fsp3) is 0.0606. The van der Waals surface area contributed by atoms with E-state index in [0.29, 0.717) is 5.29 Å². The maximum Gasteiger partial charge on any atom is 0.199 e. The second-order valence-electron chi connectivity index (χ2n) is 9.83. The van der Waals surface area contributed by atoms with E-state index in [1.165, 1.54) is 53.1 Å². The normalized spacial score (nSPS) is 15.5. The molecule has 7 aromatic rings. The molecule has 5 aromatic carbocycles. The largest absolute Gasteiger partial charge is 0.338 e. The van der Waals surface area contributed by atoms with E-state index in [9.17, 15) is 0 Å². The lowest BCUT2D eigenvalue weighted by atomic mass is 9.98. The number of benzene rings is 5. The standard InChI is InChI=1S/C33H22ClN3S/c1-36-31(32-30(35-33(36)34)29-23-12-6-5-9-20(23)16-18-28(29)38-32)21-15-17-27-25(19-21)24-13-7-8-14-26(24)37(27)22-10-3-2-4-11-22/h2-19,31H,1H3. The van der Waals surface area contributed by atoms with Gasteiger partial charge in [0.15, 0.2) is 5.29 Å². The summed E-state index contributed by atoms with van der Waals surface area (Å²) in [5, 5.41) is 6.64. The minimum atomic E-state index is -0.0191. The van der Waals surface area contributed by atoms with Gasteiger partial charge in [0.05, 0.1) is 27.6 Å². The molecule has 38 heavy (non-hydrogen) atoms. The predicted molar refractivity (Wildman–Crippen MR) is 163 cm³/mol. The second-order valence-corrected chi connectivity index (χ2v) is 11.3. The molecule has 1 aliphatic heterocycles. The molecule has 0 saturated carbocycles. The Kier molecular flexibility index (Phi) is 4.72. The number of thiophene rings is 1. The van der Waals surface area contributed by atoms with Crippen LogP contribution in [0.2, 0.25) is 0 Å². The Hall–Kier alpha value is -4.12. The summed E-state index contributed by atoms with van der Waals surface area (Å²) in [4.78, 5) is 8.24. The number of aromatic nitrogens is 1. The third-order valence-electron chi connectivity index (χ3n) is 7.74. The summed E-state index contributed by atoms with van der Waals surface area (Å²) < 4.78 is 3.59. The third kappa shape index (κ3) is 3.05. The Labute approximate surface area is 228 Å². The highest BCUT2D eigenvalue weighted by Crippen LogP contribution is 2.50. The third-order valence-corrected chi connectivity index (χ3v) is 9.29. The Balaban J connectivity index is 1.39. The number of aliphatic imine (C=N–C) groups is 1. The van der Waals surface area contributed by atoms with Crippen molar-refractivity contribution in [3.63, 3.8) is 0 Å². The molecular weight excluding hydrogens is 506 g/mol. The Morgan fingerprint density at radius 2 is 1.47 bits per heavy atom. The van der Waals surface area contributed by atoms with Crippen LogP contribution in [0.5, 0.6) is 0 Å². The van der Waals surface area contributed by atoms with E-state index in [1.807, 2.05) is 18.4 Å². The molecule has 3 nitrogen and oxygen atoms in total. The van der Waals surface area contributed by atoms with E-state index in [1.54, 1.807) is 0 Å². The van der Waals surface area contributed by atoms with Crippen molar-refractivity contribution >= 4 is 76.6 Å². The van der Waals surface area contributed by atoms with Gasteiger partial charge in [0.1, 0.15) is 0 Å². The SMILES string of the molecule is CN1C(Cl)=Nc2c(sc3ccc4ccccc4c23)C1c1ccc2c(c1)c1ccccc1n2-c1ccccc1. The van der Waals surface area contributed by atoms with Crippen molar-refractivity contribution in [1.82, 2.24) is 9.47 Å². The molecule has 0 aliphatic carbocycles. The topological polar surface area (TPSA) is 20.5 Å². The molecule has 0 fully saturated rings. The van der Waals surface area contributed by atoms with Crippen LogP contribution in [0.3, 0.4) is 0 Å². The lowest BCUT2D eigenvalue weighted by Gasteiger charge is -2.31. The zero-order valence-corrected chi connectivity index (χ0v) is 22.2. The Bertz CT molecular complexity index is 2070. The van der Waals surface area contributed by atoms with Crippen molar-refractivity contribution in [3.8, 4) is 5.69 Å². The molecule has 0 N–H and O–H groups in total. The van der Waals surface area contributed by atoms with E-state index >= 15 is 0 Å². The second kappa shape index (κ2) is 8.19. The highest BCUT2D eigenvalue weighted by Gasteiger charge is 2.32. The van der Waals surface area contributed by atoms with E-state index in [2.05, 4.69) is 119 Å². The lowest BCUT2D eigenvalue weighted by molar-refractivity contribution is 0.435. The summed E-state index contributed by atoms with van der Waals surface area (Å²) in [6.07, 6.45) is 0. The molecule has 8 rings (SSSR count). The van der Waals surface area contributed by atoms with Gasteiger partial charge in [0.2, 0.25) is 0 Å². The zero-order chi connectivity index (χ0) is 25.4. The molecule has 0 bridgehead atoms. The summed E-state index contributed by atoms with van der Waals surface area (Å²) in [5.41, 5.74) is 5.77. The van der Waals surface area contributed by atoms with Gasteiger partial charge < -0.3 is 9.47 Å². The Morgan fingerprint density at radius 1 is 0.737 bits per heavy atom. The zero-order valence-electron chi connectivity index (χ0n) is 20.6. The van der Waals surface area contributed by atoms with Crippen LogP contribution >= 0.6 is 22.9 Å². The quantitative estimate of drug-likeness (QED) is 0.205. The first-order chi connectivity index (χ1) is 18.7. The van der Waals surface area contributed by atoms with Crippen LogP contribution in [0.15, 0.2) is 114 Å². The molecule has 0 radical (unpaired) electrons. The first kappa shape index (κ1) is 21.9. The molecule has 0 spiro atoms. The minimum absolute atomic E-state index is 0.0191. The van der Waals surface area contributed by atoms with Crippen molar-refractivity contribution in [2.75, 3.05) is 7.05 Å². The number of para-hydroxylation sites is 2. The van der Waals surface area contributed by atoms with Crippen molar-refractivity contribution < 1.29 is 0 Å². The molecule has 0 amide bonds. The van der Waals surface area contributed by atoms with Gasteiger partial charge in [-0.05, 0) is 64.3 Å². The highest BCUT2D eigenvalue weighted by atomic mass is 35.5. The summed E-state index contributed by atoms with van der Waals surface area (Å²) in [7, 11) is 2.04. The molecule has 1 aliphatic rings. The van der Waals surface area contributed by atoms with Gasteiger partial charge in [-0.2, -0.15) is 0 Å². The molecule has 5 heteroatoms. The fourth-order valence-electron chi connectivity index (χ4n) is 6.01. The maximum absolute atomic E-state index is 6.82. The smallest absolute Gasteiger partial charge is 0.199 e. The number of halogens is 1. The minimum Gasteiger partial charge on any atom is -0.338 e. The summed E-state index contributed by atoms with van der Waals surface area (Å²) >= 11 is 8.64. The van der Waals surface area contributed by atoms with E-state index < -0.39 is 0 Å². The predicted octanol–water partition coefficient (Wildman–Crippen LogP) is 9.41. The first-order valence-electron chi connectivity index (χ1n) is 12.7. The van der Waals surface area contributed by atoms with E-state index in [-0.39, 0.29) is 6.04 Å². The first-order valence-corrected chi connectivity index (χ1v) is 13.9. The average molecular weight is 528 g/mol. The van der Waals surface area contributed by atoms with Crippen molar-refractivity contribution in [2.24, 2.45) is 4.99 Å². The molecular formula is C33H22ClN3S. The Morgan fingerprint density at radius 3 is 2.34 bits per heavy atom. The van der Waals surface area contributed by atoms with Crippen LogP contribution in [0.4, 0.5) is 5.69 Å². The summed E-state index contributed by atoms with van der Waals surface area (Å²) in [6.45, 7) is 0. The average Bonchev–Trinajstić information content (AvgIpc) is 3.49. The number of nitrogens with zero attached hydrogens (tertiary/aromatic N) is 3. The number of rotatable bonds is 2. The number of fused-ring (bicyclic) bond motifs is 8. The molecule has 1 atom stereocenters. The molecule has 2 aromatic heterocycles. The number of hydrogen-bond donors (Lipinski definition) is 0. The molecule has 182 valence electrons. The van der Waals surface area contributed by atoms with Gasteiger partial charge in [-0.1, -0.05) is 72.8 Å². The molecule has 3 heterocycles. The molecule has 1 unspecified atom stereocenters. The van der Waals surface area contributed by atoms with Gasteiger partial charge in [0.25, 0.3) is 0 Å². The van der Waals surface area contributed by atoms with Crippen LogP contribution in [0, 0.1) is 0 Å². The number of hydrogen-bond acceptors (Lipinski definition) is 3. The monoisotopic (exact) mass is 527 g/mol. The van der Waals surface area contributed by atoms with Crippen LogP contribution in [0.25, 0.3) is 48.4 Å². The van der Waals surface area contributed by atoms with Crippen LogP contribution in [-0.4, -0.2) is 21.8 Å². The number of amidine groups is 1. The van der Waals surface area contributed by atoms with Gasteiger partial charge in [0, 0.05) is 33.6 Å². The van der Waals surface area contributed by atoms with Crippen molar-refractivity contribution in [2.45, 2.75) is 6.04 Å². The van der Waals surface area contributed by atoms with Crippen molar-refractivity contribution in [1.29, 1.82) is 0 Å². The van der Waals surface area contributed by atoms with Crippen molar-refractivity contribution in [3.05, 3.63) is 120 Å². The lowest BCUT2D eigenvalue weighted by Crippen LogP contribution is -2.30. The maximum atomic E-state index is 6.82. The van der Waals surface area contributed by atoms with Crippen LogP contribution in [-0.2, 0) is 0 Å². The van der Waals surface area contributed by atoms with Gasteiger partial charge in [-0.25, -0.2) is 4.99 Å². The molecule has 0 saturated heterocycles. The highest BCUT2D eigenvalue weighted by molar-refractivity contribution is 7.20. The van der Waals surface area contributed by atoms with Gasteiger partial charge in [-0.15, -0.1) is 11.3 Å². The summed E-state index contributed by atoms with van der Waals surface area (Å²) in [5.74, 6) is 0. The van der Waals surface area contributed by atoms with E-state index in [4.69, 9.17) is 16.6 Å². The van der Waals surface area contributed by atoms with Crippen LogP contribution < -0.4 is 0 Å².